The van der Waals surface area contributed by atoms with Gasteiger partial charge in [0.2, 0.25) is 15.9 Å². The van der Waals surface area contributed by atoms with Crippen molar-refractivity contribution in [3.63, 3.8) is 0 Å². The molecule has 1 N–H and O–H groups in total. The summed E-state index contributed by atoms with van der Waals surface area (Å²) in [6.45, 7) is 8.95. The van der Waals surface area contributed by atoms with Gasteiger partial charge < -0.3 is 9.84 Å². The second-order valence-electron chi connectivity index (χ2n) is 8.14. The van der Waals surface area contributed by atoms with Gasteiger partial charge in [-0.05, 0) is 62.8 Å². The van der Waals surface area contributed by atoms with Crippen LogP contribution in [0, 0.1) is 25.7 Å². The molecule has 2 heterocycles. The van der Waals surface area contributed by atoms with Crippen LogP contribution in [0.5, 0.6) is 0 Å². The lowest BCUT2D eigenvalue weighted by Gasteiger charge is -2.34. The zero-order valence-electron chi connectivity index (χ0n) is 17.4. The third-order valence-corrected chi connectivity index (χ3v) is 7.24. The van der Waals surface area contributed by atoms with Crippen LogP contribution in [-0.2, 0) is 21.2 Å². The lowest BCUT2D eigenvalue weighted by molar-refractivity contribution is -0.116. The van der Waals surface area contributed by atoms with Crippen LogP contribution in [0.25, 0.3) is 0 Å². The summed E-state index contributed by atoms with van der Waals surface area (Å²) in [6.07, 6.45) is 1.89. The average Bonchev–Trinajstić information content (AvgIpc) is 2.97. The van der Waals surface area contributed by atoms with Gasteiger partial charge in [0.05, 0.1) is 10.6 Å². The van der Waals surface area contributed by atoms with Crippen molar-refractivity contribution in [3.05, 3.63) is 41.3 Å². The molecule has 0 spiro atoms. The lowest BCUT2D eigenvalue weighted by atomic mass is 9.94. The summed E-state index contributed by atoms with van der Waals surface area (Å²) in [5, 5.41) is 6.71. The first kappa shape index (κ1) is 21.5. The number of carbonyl (C=O) groups is 1. The fraction of sp³-hybridized carbons (Fsp3) is 0.524. The summed E-state index contributed by atoms with van der Waals surface area (Å²) in [4.78, 5) is 12.5. The van der Waals surface area contributed by atoms with Gasteiger partial charge in [0, 0.05) is 30.8 Å². The first-order valence-electron chi connectivity index (χ1n) is 9.98. The second kappa shape index (κ2) is 8.67. The van der Waals surface area contributed by atoms with Gasteiger partial charge in [0.25, 0.3) is 0 Å². The number of benzene rings is 1. The van der Waals surface area contributed by atoms with E-state index in [2.05, 4.69) is 24.3 Å². The van der Waals surface area contributed by atoms with Gasteiger partial charge in [-0.15, -0.1) is 0 Å². The summed E-state index contributed by atoms with van der Waals surface area (Å²) in [6, 6.07) is 6.39. The van der Waals surface area contributed by atoms with E-state index in [0.29, 0.717) is 43.5 Å². The van der Waals surface area contributed by atoms with Crippen LogP contribution in [0.2, 0.25) is 0 Å². The summed E-state index contributed by atoms with van der Waals surface area (Å²) < 4.78 is 32.6. The van der Waals surface area contributed by atoms with E-state index in [-0.39, 0.29) is 10.8 Å². The molecule has 0 unspecified atom stereocenters. The predicted octanol–water partition coefficient (Wildman–Crippen LogP) is 3.53. The molecule has 0 bridgehead atoms. The highest BCUT2D eigenvalue weighted by atomic mass is 32.2. The van der Waals surface area contributed by atoms with E-state index in [1.165, 1.54) is 0 Å². The zero-order chi connectivity index (χ0) is 21.2. The number of aromatic nitrogens is 1. The Morgan fingerprint density at radius 1 is 1.17 bits per heavy atom. The Hall–Kier alpha value is -2.19. The van der Waals surface area contributed by atoms with E-state index >= 15 is 0 Å². The molecule has 2 aromatic rings. The smallest absolute Gasteiger partial charge is 0.243 e. The van der Waals surface area contributed by atoms with Crippen LogP contribution in [0.1, 0.15) is 43.7 Å². The summed E-state index contributed by atoms with van der Waals surface area (Å²) in [5.74, 6) is 1.29. The third kappa shape index (κ3) is 5.05. The zero-order valence-corrected chi connectivity index (χ0v) is 18.3. The second-order valence-corrected chi connectivity index (χ2v) is 10.1. The van der Waals surface area contributed by atoms with Crippen molar-refractivity contribution in [1.82, 2.24) is 9.46 Å². The molecule has 1 aliphatic heterocycles. The summed E-state index contributed by atoms with van der Waals surface area (Å²) >= 11 is 0. The van der Waals surface area contributed by atoms with Crippen molar-refractivity contribution in [2.24, 2.45) is 11.8 Å². The Labute approximate surface area is 172 Å². The molecule has 29 heavy (non-hydrogen) atoms. The summed E-state index contributed by atoms with van der Waals surface area (Å²) in [5.41, 5.74) is 2.32. The number of sulfonamides is 1. The number of carbonyl (C=O) groups excluding carboxylic acids is 1. The number of aryl methyl sites for hydroxylation is 2. The van der Waals surface area contributed by atoms with Gasteiger partial charge in [-0.1, -0.05) is 19.0 Å². The van der Waals surface area contributed by atoms with Gasteiger partial charge in [0.15, 0.2) is 0 Å². The average molecular weight is 420 g/mol. The monoisotopic (exact) mass is 419 g/mol. The minimum absolute atomic E-state index is 0.140. The number of nitrogens with one attached hydrogen (secondary N) is 1. The highest BCUT2D eigenvalue weighted by molar-refractivity contribution is 7.89. The normalized spacial score (nSPS) is 20.6. The number of anilines is 1. The van der Waals surface area contributed by atoms with Gasteiger partial charge in [-0.2, -0.15) is 4.31 Å². The van der Waals surface area contributed by atoms with Crippen molar-refractivity contribution in [2.45, 2.75) is 51.9 Å². The van der Waals surface area contributed by atoms with Gasteiger partial charge in [-0.3, -0.25) is 4.79 Å². The number of hydrogen-bond acceptors (Lipinski definition) is 5. The van der Waals surface area contributed by atoms with Crippen molar-refractivity contribution >= 4 is 21.6 Å². The molecule has 0 radical (unpaired) electrons. The number of amides is 1. The van der Waals surface area contributed by atoms with Crippen LogP contribution in [0.4, 0.5) is 5.69 Å². The Morgan fingerprint density at radius 2 is 1.79 bits per heavy atom. The largest absolute Gasteiger partial charge is 0.361 e. The van der Waals surface area contributed by atoms with Crippen molar-refractivity contribution < 1.29 is 17.7 Å². The SMILES string of the molecule is Cc1noc(C)c1CCC(=O)Nc1ccc(S(=O)(=O)N2C[C@H](C)C[C@H](C)C2)cc1. The maximum Gasteiger partial charge on any atom is 0.243 e. The van der Waals surface area contributed by atoms with Crippen LogP contribution < -0.4 is 5.32 Å². The van der Waals surface area contributed by atoms with Crippen molar-refractivity contribution in [3.8, 4) is 0 Å². The minimum Gasteiger partial charge on any atom is -0.361 e. The minimum atomic E-state index is -3.52. The maximum absolute atomic E-state index is 12.9. The van der Waals surface area contributed by atoms with Crippen LogP contribution in [0.3, 0.4) is 0 Å². The standard InChI is InChI=1S/C21H29N3O4S/c1-14-11-15(2)13-24(12-14)29(26,27)19-7-5-18(6-8-19)22-21(25)10-9-20-16(3)23-28-17(20)4/h5-8,14-15H,9-13H2,1-4H3,(H,22,25)/t14-,15+. The molecule has 1 aliphatic rings. The van der Waals surface area contributed by atoms with Crippen LogP contribution in [0.15, 0.2) is 33.7 Å². The molecule has 158 valence electrons. The molecule has 7 nitrogen and oxygen atoms in total. The molecule has 1 amide bonds. The topological polar surface area (TPSA) is 92.5 Å². The number of hydrogen-bond donors (Lipinski definition) is 1. The fourth-order valence-corrected chi connectivity index (χ4v) is 5.66. The Balaban J connectivity index is 1.61. The molecule has 1 aromatic carbocycles. The molecule has 0 saturated carbocycles. The molecule has 2 atom stereocenters. The van der Waals surface area contributed by atoms with E-state index in [9.17, 15) is 13.2 Å². The first-order chi connectivity index (χ1) is 13.7. The number of nitrogens with zero attached hydrogens (tertiary/aromatic N) is 2. The first-order valence-corrected chi connectivity index (χ1v) is 11.4. The molecule has 1 saturated heterocycles. The van der Waals surface area contributed by atoms with E-state index in [1.54, 1.807) is 28.6 Å². The van der Waals surface area contributed by atoms with E-state index in [1.807, 2.05) is 13.8 Å². The third-order valence-electron chi connectivity index (χ3n) is 5.39. The van der Waals surface area contributed by atoms with Crippen LogP contribution in [-0.4, -0.2) is 36.9 Å². The maximum atomic E-state index is 12.9. The molecule has 8 heteroatoms. The molecular weight excluding hydrogens is 390 g/mol. The highest BCUT2D eigenvalue weighted by Crippen LogP contribution is 2.27. The van der Waals surface area contributed by atoms with E-state index in [0.717, 1.165) is 23.4 Å². The van der Waals surface area contributed by atoms with Gasteiger partial charge in [0.1, 0.15) is 5.76 Å². The van der Waals surface area contributed by atoms with E-state index in [4.69, 9.17) is 4.52 Å². The molecule has 0 aliphatic carbocycles. The molecular formula is C21H29N3O4S. The molecule has 1 fully saturated rings. The van der Waals surface area contributed by atoms with Gasteiger partial charge >= 0.3 is 0 Å². The predicted molar refractivity (Wildman–Crippen MR) is 111 cm³/mol. The lowest BCUT2D eigenvalue weighted by Crippen LogP contribution is -2.42. The Kier molecular flexibility index (Phi) is 6.43. The highest BCUT2D eigenvalue weighted by Gasteiger charge is 2.31. The quantitative estimate of drug-likeness (QED) is 0.773. The van der Waals surface area contributed by atoms with Gasteiger partial charge in [-0.25, -0.2) is 8.42 Å². The molecule has 1 aromatic heterocycles. The molecule has 3 rings (SSSR count). The van der Waals surface area contributed by atoms with E-state index < -0.39 is 10.0 Å². The Bertz CT molecular complexity index is 937. The number of piperidine rings is 1. The summed E-state index contributed by atoms with van der Waals surface area (Å²) in [7, 11) is -3.52. The van der Waals surface area contributed by atoms with Crippen molar-refractivity contribution in [2.75, 3.05) is 18.4 Å². The fourth-order valence-electron chi connectivity index (χ4n) is 3.98. The Morgan fingerprint density at radius 3 is 2.34 bits per heavy atom. The van der Waals surface area contributed by atoms with Crippen LogP contribution >= 0.6 is 0 Å². The van der Waals surface area contributed by atoms with Crippen molar-refractivity contribution in [1.29, 1.82) is 0 Å². The number of rotatable bonds is 6.